The number of hydrogen-bond acceptors (Lipinski definition) is 2. The molecule has 2 heterocycles. The number of halogens is 1. The molecule has 0 N–H and O–H groups in total. The van der Waals surface area contributed by atoms with Crippen molar-refractivity contribution >= 4 is 11.5 Å². The smallest absolute Gasteiger partial charge is 0.132 e. The first kappa shape index (κ1) is 10.3. The molecule has 0 spiro atoms. The highest BCUT2D eigenvalue weighted by Gasteiger charge is 2.18. The van der Waals surface area contributed by atoms with Crippen molar-refractivity contribution in [3.05, 3.63) is 54.0 Å². The van der Waals surface area contributed by atoms with Gasteiger partial charge in [-0.25, -0.2) is 9.37 Å². The largest absolute Gasteiger partial charge is 0.326 e. The molecule has 2 aromatic rings. The van der Waals surface area contributed by atoms with E-state index >= 15 is 0 Å². The summed E-state index contributed by atoms with van der Waals surface area (Å²) in [6.45, 7) is 0.940. The molecule has 3 heteroatoms. The van der Waals surface area contributed by atoms with Crippen LogP contribution in [0.4, 0.5) is 15.9 Å². The van der Waals surface area contributed by atoms with Crippen LogP contribution in [0.1, 0.15) is 12.0 Å². The van der Waals surface area contributed by atoms with Gasteiger partial charge in [0.2, 0.25) is 0 Å². The van der Waals surface area contributed by atoms with Crippen molar-refractivity contribution in [3.63, 3.8) is 0 Å². The maximum absolute atomic E-state index is 13.2. The molecule has 1 aromatic carbocycles. The van der Waals surface area contributed by atoms with Gasteiger partial charge in [-0.15, -0.1) is 0 Å². The topological polar surface area (TPSA) is 16.1 Å². The number of hydrogen-bond donors (Lipinski definition) is 0. The van der Waals surface area contributed by atoms with Gasteiger partial charge in [0.05, 0.1) is 0 Å². The van der Waals surface area contributed by atoms with Crippen LogP contribution in [0.3, 0.4) is 0 Å². The van der Waals surface area contributed by atoms with Crippen LogP contribution in [-0.2, 0) is 6.42 Å². The Bertz CT molecular complexity index is 525. The van der Waals surface area contributed by atoms with E-state index in [0.717, 1.165) is 36.5 Å². The lowest BCUT2D eigenvalue weighted by molar-refractivity contribution is 0.622. The zero-order chi connectivity index (χ0) is 11.7. The highest BCUT2D eigenvalue weighted by Crippen LogP contribution is 2.32. The zero-order valence-electron chi connectivity index (χ0n) is 9.44. The summed E-state index contributed by atoms with van der Waals surface area (Å²) in [5.41, 5.74) is 2.15. The highest BCUT2D eigenvalue weighted by atomic mass is 19.1. The predicted octanol–water partition coefficient (Wildman–Crippen LogP) is 3.31. The lowest BCUT2D eigenvalue weighted by atomic mass is 10.0. The molecular weight excluding hydrogens is 215 g/mol. The van der Waals surface area contributed by atoms with Crippen molar-refractivity contribution in [2.24, 2.45) is 0 Å². The second-order valence-electron chi connectivity index (χ2n) is 4.22. The predicted molar refractivity (Wildman–Crippen MR) is 66.0 cm³/mol. The van der Waals surface area contributed by atoms with E-state index in [1.165, 1.54) is 6.07 Å². The van der Waals surface area contributed by atoms with Crippen molar-refractivity contribution in [2.45, 2.75) is 12.8 Å². The third-order valence-corrected chi connectivity index (χ3v) is 3.09. The number of aromatic nitrogens is 1. The quantitative estimate of drug-likeness (QED) is 0.744. The van der Waals surface area contributed by atoms with Crippen molar-refractivity contribution in [1.29, 1.82) is 0 Å². The van der Waals surface area contributed by atoms with Gasteiger partial charge >= 0.3 is 0 Å². The van der Waals surface area contributed by atoms with Gasteiger partial charge in [0.1, 0.15) is 11.6 Å². The standard InChI is InChI=1S/C14H13FN2/c15-12-6-7-13-11(10-12)4-3-9-17(13)14-5-1-2-8-16-14/h1-2,5-8,10H,3-4,9H2. The summed E-state index contributed by atoms with van der Waals surface area (Å²) in [4.78, 5) is 6.51. The lowest BCUT2D eigenvalue weighted by Gasteiger charge is -2.30. The third kappa shape index (κ3) is 1.88. The molecule has 0 bridgehead atoms. The number of rotatable bonds is 1. The molecule has 0 unspecified atom stereocenters. The summed E-state index contributed by atoms with van der Waals surface area (Å²) < 4.78 is 13.2. The van der Waals surface area contributed by atoms with Gasteiger partial charge in [0, 0.05) is 18.4 Å². The fraction of sp³-hybridized carbons (Fsp3) is 0.214. The number of anilines is 2. The Labute approximate surface area is 99.7 Å². The summed E-state index contributed by atoms with van der Waals surface area (Å²) >= 11 is 0. The molecule has 86 valence electrons. The van der Waals surface area contributed by atoms with E-state index in [-0.39, 0.29) is 5.82 Å². The van der Waals surface area contributed by atoms with Gasteiger partial charge in [-0.2, -0.15) is 0 Å². The van der Waals surface area contributed by atoms with Gasteiger partial charge in [-0.1, -0.05) is 6.07 Å². The molecule has 0 atom stereocenters. The molecule has 0 saturated carbocycles. The molecule has 17 heavy (non-hydrogen) atoms. The van der Waals surface area contributed by atoms with Gasteiger partial charge in [-0.05, 0) is 48.7 Å². The van der Waals surface area contributed by atoms with Crippen LogP contribution in [0.5, 0.6) is 0 Å². The van der Waals surface area contributed by atoms with E-state index < -0.39 is 0 Å². The van der Waals surface area contributed by atoms with Crippen LogP contribution in [0, 0.1) is 5.82 Å². The normalized spacial score (nSPS) is 14.5. The summed E-state index contributed by atoms with van der Waals surface area (Å²) in [5, 5.41) is 0. The van der Waals surface area contributed by atoms with E-state index in [0.29, 0.717) is 0 Å². The first-order valence-electron chi connectivity index (χ1n) is 5.81. The van der Waals surface area contributed by atoms with Crippen LogP contribution in [-0.4, -0.2) is 11.5 Å². The molecule has 1 aromatic heterocycles. The molecule has 3 rings (SSSR count). The Hall–Kier alpha value is -1.90. The Morgan fingerprint density at radius 2 is 2.12 bits per heavy atom. The average Bonchev–Trinajstić information content (AvgIpc) is 2.39. The van der Waals surface area contributed by atoms with Crippen LogP contribution in [0.25, 0.3) is 0 Å². The number of fused-ring (bicyclic) bond motifs is 1. The van der Waals surface area contributed by atoms with Gasteiger partial charge < -0.3 is 4.90 Å². The van der Waals surface area contributed by atoms with E-state index in [9.17, 15) is 4.39 Å². The van der Waals surface area contributed by atoms with E-state index in [1.807, 2.05) is 24.3 Å². The lowest BCUT2D eigenvalue weighted by Crippen LogP contribution is -2.25. The summed E-state index contributed by atoms with van der Waals surface area (Å²) in [6.07, 6.45) is 3.76. The second-order valence-corrected chi connectivity index (χ2v) is 4.22. The molecular formula is C14H13FN2. The monoisotopic (exact) mass is 228 g/mol. The number of pyridine rings is 1. The Morgan fingerprint density at radius 3 is 2.94 bits per heavy atom. The Morgan fingerprint density at radius 1 is 1.18 bits per heavy atom. The minimum absolute atomic E-state index is 0.161. The number of aryl methyl sites for hydroxylation is 1. The van der Waals surface area contributed by atoms with Gasteiger partial charge in [0.25, 0.3) is 0 Å². The minimum Gasteiger partial charge on any atom is -0.326 e. The van der Waals surface area contributed by atoms with Crippen LogP contribution in [0.15, 0.2) is 42.6 Å². The fourth-order valence-electron chi connectivity index (χ4n) is 2.32. The minimum atomic E-state index is -0.161. The Balaban J connectivity index is 2.06. The van der Waals surface area contributed by atoms with E-state index in [4.69, 9.17) is 0 Å². The highest BCUT2D eigenvalue weighted by molar-refractivity contribution is 5.65. The molecule has 1 aliphatic rings. The van der Waals surface area contributed by atoms with Crippen molar-refractivity contribution in [3.8, 4) is 0 Å². The molecule has 2 nitrogen and oxygen atoms in total. The van der Waals surface area contributed by atoms with Crippen molar-refractivity contribution < 1.29 is 4.39 Å². The summed E-state index contributed by atoms with van der Waals surface area (Å²) in [6, 6.07) is 10.8. The first-order chi connectivity index (χ1) is 8.34. The zero-order valence-corrected chi connectivity index (χ0v) is 9.44. The Kier molecular flexibility index (Phi) is 2.52. The first-order valence-corrected chi connectivity index (χ1v) is 5.81. The van der Waals surface area contributed by atoms with Crippen molar-refractivity contribution in [1.82, 2.24) is 4.98 Å². The summed E-state index contributed by atoms with van der Waals surface area (Å²) in [5.74, 6) is 0.770. The van der Waals surface area contributed by atoms with E-state index in [1.54, 1.807) is 12.3 Å². The molecule has 0 amide bonds. The van der Waals surface area contributed by atoms with Gasteiger partial charge in [-0.3, -0.25) is 0 Å². The number of benzene rings is 1. The maximum Gasteiger partial charge on any atom is 0.132 e. The molecule has 1 aliphatic heterocycles. The van der Waals surface area contributed by atoms with Crippen LogP contribution < -0.4 is 4.90 Å². The van der Waals surface area contributed by atoms with Crippen molar-refractivity contribution in [2.75, 3.05) is 11.4 Å². The van der Waals surface area contributed by atoms with Crippen LogP contribution in [0.2, 0.25) is 0 Å². The molecule has 0 radical (unpaired) electrons. The third-order valence-electron chi connectivity index (χ3n) is 3.09. The van der Waals surface area contributed by atoms with E-state index in [2.05, 4.69) is 9.88 Å². The maximum atomic E-state index is 13.2. The fourth-order valence-corrected chi connectivity index (χ4v) is 2.32. The number of nitrogens with zero attached hydrogens (tertiary/aromatic N) is 2. The molecule has 0 fully saturated rings. The summed E-state index contributed by atoms with van der Waals surface area (Å²) in [7, 11) is 0. The average molecular weight is 228 g/mol. The molecule has 0 saturated heterocycles. The van der Waals surface area contributed by atoms with Crippen LogP contribution >= 0.6 is 0 Å². The SMILES string of the molecule is Fc1ccc2c(c1)CCCN2c1ccccn1. The molecule has 0 aliphatic carbocycles. The second kappa shape index (κ2) is 4.17. The van der Waals surface area contributed by atoms with Gasteiger partial charge in [0.15, 0.2) is 0 Å².